The van der Waals surface area contributed by atoms with Gasteiger partial charge in [0, 0.05) is 23.5 Å². The standard InChI is InChI=1S/C36H25N3/c1-26-14-4-3-13-23-39(28-15-5-2-6-16-28)34-22-12-11-21-33(34)36(26)31-19-9-7-17-29(31)35(27(24-37)25-38)30-18-8-10-20-32(30)36/h2-22H,1,23H2/b13-3-,14-4-. The molecule has 0 atom stereocenters. The van der Waals surface area contributed by atoms with Crippen LogP contribution in [0.2, 0.25) is 0 Å². The van der Waals surface area contributed by atoms with E-state index < -0.39 is 5.41 Å². The third-order valence-electron chi connectivity index (χ3n) is 7.66. The van der Waals surface area contributed by atoms with Gasteiger partial charge < -0.3 is 4.90 Å². The lowest BCUT2D eigenvalue weighted by molar-refractivity contribution is 0.730. The molecular weight excluding hydrogens is 474 g/mol. The number of nitrogens with zero attached hydrogens (tertiary/aromatic N) is 3. The van der Waals surface area contributed by atoms with Crippen molar-refractivity contribution in [3.05, 3.63) is 173 Å². The number of allylic oxidation sites excluding steroid dienone is 5. The maximum atomic E-state index is 9.98. The third-order valence-corrected chi connectivity index (χ3v) is 7.66. The second kappa shape index (κ2) is 9.82. The highest BCUT2D eigenvalue weighted by Gasteiger charge is 2.47. The average Bonchev–Trinajstić information content (AvgIpc) is 2.99. The van der Waals surface area contributed by atoms with Gasteiger partial charge in [0.05, 0.1) is 5.41 Å². The second-order valence-corrected chi connectivity index (χ2v) is 9.59. The molecule has 39 heavy (non-hydrogen) atoms. The predicted octanol–water partition coefficient (Wildman–Crippen LogP) is 8.00. The summed E-state index contributed by atoms with van der Waals surface area (Å²) >= 11 is 0. The van der Waals surface area contributed by atoms with Gasteiger partial charge in [-0.05, 0) is 51.6 Å². The molecule has 0 saturated heterocycles. The van der Waals surface area contributed by atoms with Crippen LogP contribution in [-0.2, 0) is 5.41 Å². The molecule has 0 fully saturated rings. The first-order chi connectivity index (χ1) is 19.2. The Morgan fingerprint density at radius 3 is 1.90 bits per heavy atom. The number of nitriles is 2. The van der Waals surface area contributed by atoms with E-state index in [0.29, 0.717) is 12.1 Å². The van der Waals surface area contributed by atoms with E-state index in [2.05, 4.69) is 103 Å². The van der Waals surface area contributed by atoms with Gasteiger partial charge >= 0.3 is 0 Å². The van der Waals surface area contributed by atoms with Crippen LogP contribution in [0.25, 0.3) is 5.57 Å². The lowest BCUT2D eigenvalue weighted by atomic mass is 9.58. The summed E-state index contributed by atoms with van der Waals surface area (Å²) in [5.41, 5.74) is 7.92. The Morgan fingerprint density at radius 1 is 0.692 bits per heavy atom. The summed E-state index contributed by atoms with van der Waals surface area (Å²) in [6.07, 6.45) is 8.36. The van der Waals surface area contributed by atoms with E-state index in [9.17, 15) is 10.5 Å². The number of hydrogen-bond acceptors (Lipinski definition) is 3. The Morgan fingerprint density at radius 2 is 1.26 bits per heavy atom. The zero-order valence-corrected chi connectivity index (χ0v) is 21.4. The van der Waals surface area contributed by atoms with Crippen molar-refractivity contribution >= 4 is 16.9 Å². The molecule has 2 aliphatic rings. The molecular formula is C36H25N3. The van der Waals surface area contributed by atoms with Crippen LogP contribution in [0.4, 0.5) is 11.4 Å². The number of benzene rings is 4. The summed E-state index contributed by atoms with van der Waals surface area (Å²) in [6.45, 7) is 5.37. The van der Waals surface area contributed by atoms with Gasteiger partial charge in [-0.3, -0.25) is 0 Å². The van der Waals surface area contributed by atoms with Crippen molar-refractivity contribution in [2.75, 3.05) is 11.4 Å². The van der Waals surface area contributed by atoms with Crippen LogP contribution < -0.4 is 4.90 Å². The molecule has 0 radical (unpaired) electrons. The Bertz CT molecular complexity index is 1710. The predicted molar refractivity (Wildman–Crippen MR) is 157 cm³/mol. The normalized spacial score (nSPS) is 19.1. The largest absolute Gasteiger partial charge is 0.337 e. The number of rotatable bonds is 1. The minimum atomic E-state index is -0.766. The Kier molecular flexibility index (Phi) is 6.04. The van der Waals surface area contributed by atoms with Gasteiger partial charge in [0.25, 0.3) is 0 Å². The lowest BCUT2D eigenvalue weighted by Crippen LogP contribution is -2.37. The van der Waals surface area contributed by atoms with E-state index in [1.807, 2.05) is 48.5 Å². The van der Waals surface area contributed by atoms with Crippen LogP contribution in [0.1, 0.15) is 27.8 Å². The fourth-order valence-corrected chi connectivity index (χ4v) is 6.08. The van der Waals surface area contributed by atoms with Crippen LogP contribution in [0.5, 0.6) is 0 Å². The van der Waals surface area contributed by atoms with Crippen molar-refractivity contribution in [1.82, 2.24) is 0 Å². The molecule has 1 heterocycles. The minimum Gasteiger partial charge on any atom is -0.337 e. The Labute approximate surface area is 229 Å². The fraction of sp³-hybridized carbons (Fsp3) is 0.0556. The molecule has 6 rings (SSSR count). The smallest absolute Gasteiger partial charge is 0.138 e. The Hall–Kier alpha value is -5.38. The maximum absolute atomic E-state index is 9.98. The monoisotopic (exact) mass is 499 g/mol. The van der Waals surface area contributed by atoms with Gasteiger partial charge in [-0.2, -0.15) is 10.5 Å². The van der Waals surface area contributed by atoms with Gasteiger partial charge in [-0.15, -0.1) is 0 Å². The molecule has 1 spiro atoms. The minimum absolute atomic E-state index is 0.105. The molecule has 4 aromatic rings. The van der Waals surface area contributed by atoms with E-state index in [1.54, 1.807) is 0 Å². The lowest BCUT2D eigenvalue weighted by Gasteiger charge is -2.45. The van der Waals surface area contributed by atoms with E-state index in [0.717, 1.165) is 44.8 Å². The zero-order chi connectivity index (χ0) is 26.8. The van der Waals surface area contributed by atoms with Gasteiger partial charge in [0.1, 0.15) is 17.7 Å². The van der Waals surface area contributed by atoms with Gasteiger partial charge in [0.15, 0.2) is 0 Å². The first-order valence-corrected chi connectivity index (χ1v) is 12.9. The molecule has 4 aromatic carbocycles. The SMILES string of the molecule is C=C1/C=C\C=C/CN(c2ccccc2)c2ccccc2C12c1ccccc1C(=C(C#N)C#N)c1ccccc12. The molecule has 0 bridgehead atoms. The fourth-order valence-electron chi connectivity index (χ4n) is 6.08. The Balaban J connectivity index is 1.80. The molecule has 0 amide bonds. The first kappa shape index (κ1) is 24.0. The highest BCUT2D eigenvalue weighted by atomic mass is 15.1. The van der Waals surface area contributed by atoms with Crippen LogP contribution >= 0.6 is 0 Å². The molecule has 1 aliphatic carbocycles. The molecule has 3 nitrogen and oxygen atoms in total. The van der Waals surface area contributed by atoms with Crippen LogP contribution in [0.3, 0.4) is 0 Å². The molecule has 0 aromatic heterocycles. The van der Waals surface area contributed by atoms with Crippen LogP contribution in [0.15, 0.2) is 145 Å². The quantitative estimate of drug-likeness (QED) is 0.249. The van der Waals surface area contributed by atoms with E-state index in [-0.39, 0.29) is 5.57 Å². The summed E-state index contributed by atoms with van der Waals surface area (Å²) in [4.78, 5) is 2.33. The zero-order valence-electron chi connectivity index (χ0n) is 21.4. The number of anilines is 2. The maximum Gasteiger partial charge on any atom is 0.138 e. The molecule has 184 valence electrons. The average molecular weight is 500 g/mol. The van der Waals surface area contributed by atoms with Crippen molar-refractivity contribution in [2.45, 2.75) is 5.41 Å². The highest BCUT2D eigenvalue weighted by Crippen LogP contribution is 2.56. The number of hydrogen-bond donors (Lipinski definition) is 0. The van der Waals surface area contributed by atoms with Crippen LogP contribution in [0, 0.1) is 22.7 Å². The van der Waals surface area contributed by atoms with Crippen LogP contribution in [-0.4, -0.2) is 6.54 Å². The highest BCUT2D eigenvalue weighted by molar-refractivity contribution is 5.95. The van der Waals surface area contributed by atoms with E-state index in [4.69, 9.17) is 0 Å². The number of fused-ring (bicyclic) bond motifs is 6. The third kappa shape index (κ3) is 3.64. The van der Waals surface area contributed by atoms with Crippen molar-refractivity contribution in [1.29, 1.82) is 10.5 Å². The molecule has 0 saturated carbocycles. The second-order valence-electron chi connectivity index (χ2n) is 9.59. The summed E-state index contributed by atoms with van der Waals surface area (Å²) in [6, 6.07) is 39.5. The van der Waals surface area contributed by atoms with Gasteiger partial charge in [-0.1, -0.05) is 116 Å². The molecule has 0 unspecified atom stereocenters. The topological polar surface area (TPSA) is 50.8 Å². The van der Waals surface area contributed by atoms with Crippen molar-refractivity contribution < 1.29 is 0 Å². The molecule has 1 aliphatic heterocycles. The molecule has 3 heteroatoms. The van der Waals surface area contributed by atoms with Crippen molar-refractivity contribution in [3.8, 4) is 12.1 Å². The summed E-state index contributed by atoms with van der Waals surface area (Å²) in [5, 5.41) is 20.0. The van der Waals surface area contributed by atoms with E-state index >= 15 is 0 Å². The van der Waals surface area contributed by atoms with Crippen molar-refractivity contribution in [3.63, 3.8) is 0 Å². The number of para-hydroxylation sites is 2. The van der Waals surface area contributed by atoms with Gasteiger partial charge in [-0.25, -0.2) is 0 Å². The summed E-state index contributed by atoms with van der Waals surface area (Å²) in [5.74, 6) is 0. The first-order valence-electron chi connectivity index (χ1n) is 12.9. The van der Waals surface area contributed by atoms with E-state index in [1.165, 1.54) is 0 Å². The van der Waals surface area contributed by atoms with Crippen molar-refractivity contribution in [2.24, 2.45) is 0 Å². The summed E-state index contributed by atoms with van der Waals surface area (Å²) in [7, 11) is 0. The molecule has 0 N–H and O–H groups in total. The summed E-state index contributed by atoms with van der Waals surface area (Å²) < 4.78 is 0. The van der Waals surface area contributed by atoms with Gasteiger partial charge in [0.2, 0.25) is 0 Å².